The molecule has 0 spiro atoms. The van der Waals surface area contributed by atoms with Gasteiger partial charge in [0.1, 0.15) is 0 Å². The number of aromatic nitrogens is 2. The minimum atomic E-state index is -3.49. The van der Waals surface area contributed by atoms with Crippen LogP contribution in [0, 0.1) is 12.8 Å². The highest BCUT2D eigenvalue weighted by Gasteiger charge is 2.30. The molecule has 1 aliphatic carbocycles. The summed E-state index contributed by atoms with van der Waals surface area (Å²) in [7, 11) is -3.49. The van der Waals surface area contributed by atoms with E-state index in [1.54, 1.807) is 22.8 Å². The lowest BCUT2D eigenvalue weighted by Crippen LogP contribution is -2.38. The van der Waals surface area contributed by atoms with Gasteiger partial charge in [-0.2, -0.15) is 4.31 Å². The molecule has 2 aliphatic rings. The Morgan fingerprint density at radius 1 is 1.20 bits per heavy atom. The Morgan fingerprint density at radius 3 is 2.68 bits per heavy atom. The summed E-state index contributed by atoms with van der Waals surface area (Å²) < 4.78 is 35.2. The molecule has 25 heavy (non-hydrogen) atoms. The number of rotatable bonds is 6. The lowest BCUT2D eigenvalue weighted by Gasteiger charge is -2.28. The highest BCUT2D eigenvalue weighted by atomic mass is 32.2. The molecule has 0 bridgehead atoms. The number of hydrogen-bond acceptors (Lipinski definition) is 4. The predicted molar refractivity (Wildman–Crippen MR) is 93.4 cm³/mol. The first-order valence-electron chi connectivity index (χ1n) is 8.71. The first-order valence-corrected chi connectivity index (χ1v) is 10.2. The van der Waals surface area contributed by atoms with Crippen molar-refractivity contribution in [2.24, 2.45) is 5.92 Å². The molecule has 2 heterocycles. The van der Waals surface area contributed by atoms with Crippen LogP contribution in [0.15, 0.2) is 35.5 Å². The van der Waals surface area contributed by atoms with E-state index >= 15 is 0 Å². The molecule has 1 aromatic carbocycles. The van der Waals surface area contributed by atoms with Crippen LogP contribution in [0.3, 0.4) is 0 Å². The van der Waals surface area contributed by atoms with E-state index in [4.69, 9.17) is 4.74 Å². The zero-order chi connectivity index (χ0) is 17.4. The van der Waals surface area contributed by atoms with Crippen LogP contribution in [0.25, 0.3) is 0 Å². The zero-order valence-corrected chi connectivity index (χ0v) is 15.2. The molecule has 1 aliphatic heterocycles. The molecule has 7 heteroatoms. The summed E-state index contributed by atoms with van der Waals surface area (Å²) in [6, 6.07) is 7.02. The van der Waals surface area contributed by atoms with Crippen molar-refractivity contribution in [1.29, 1.82) is 0 Å². The molecule has 1 fully saturated rings. The lowest BCUT2D eigenvalue weighted by atomic mass is 10.2. The summed E-state index contributed by atoms with van der Waals surface area (Å²) in [5.41, 5.74) is 2.84. The lowest BCUT2D eigenvalue weighted by molar-refractivity contribution is 0.108. The Labute approximate surface area is 148 Å². The number of hydrogen-bond donors (Lipinski definition) is 0. The number of imidazole rings is 1. The fourth-order valence-electron chi connectivity index (χ4n) is 3.08. The molecule has 6 nitrogen and oxygen atoms in total. The molecule has 4 rings (SSSR count). The van der Waals surface area contributed by atoms with Crippen LogP contribution in [-0.4, -0.2) is 35.4 Å². The Balaban J connectivity index is 1.51. The Bertz CT molecular complexity index is 854. The molecule has 0 atom stereocenters. The van der Waals surface area contributed by atoms with Gasteiger partial charge in [0.2, 0.25) is 10.0 Å². The molecule has 0 N–H and O–H groups in total. The normalized spacial score (nSPS) is 18.3. The predicted octanol–water partition coefficient (Wildman–Crippen LogP) is 2.32. The standard InChI is InChI=1S/C18H23N3O3S/c1-14-2-6-16(7-3-14)25(22,23)21-9-8-20-13-19-17(18(20)10-21)12-24-11-15-4-5-15/h2-3,6-7,13,15H,4-5,8-12H2,1H3. The molecule has 0 unspecified atom stereocenters. The van der Waals surface area contributed by atoms with E-state index in [9.17, 15) is 8.42 Å². The van der Waals surface area contributed by atoms with E-state index in [0.717, 1.165) is 23.6 Å². The minimum absolute atomic E-state index is 0.345. The van der Waals surface area contributed by atoms with Gasteiger partial charge in [-0.15, -0.1) is 0 Å². The topological polar surface area (TPSA) is 64.4 Å². The second-order valence-electron chi connectivity index (χ2n) is 6.94. The second kappa shape index (κ2) is 6.55. The van der Waals surface area contributed by atoms with Gasteiger partial charge in [-0.25, -0.2) is 13.4 Å². The second-order valence-corrected chi connectivity index (χ2v) is 8.88. The van der Waals surface area contributed by atoms with Gasteiger partial charge >= 0.3 is 0 Å². The zero-order valence-electron chi connectivity index (χ0n) is 14.4. The van der Waals surface area contributed by atoms with E-state index < -0.39 is 10.0 Å². The molecule has 1 saturated carbocycles. The summed E-state index contributed by atoms with van der Waals surface area (Å²) in [6.07, 6.45) is 4.30. The number of fused-ring (bicyclic) bond motifs is 1. The van der Waals surface area contributed by atoms with Gasteiger partial charge in [0, 0.05) is 19.7 Å². The minimum Gasteiger partial charge on any atom is -0.375 e. The fraction of sp³-hybridized carbons (Fsp3) is 0.500. The Morgan fingerprint density at radius 2 is 1.96 bits per heavy atom. The number of sulfonamides is 1. The third-order valence-corrected chi connectivity index (χ3v) is 6.76. The van der Waals surface area contributed by atoms with Crippen LogP contribution in [0.1, 0.15) is 29.8 Å². The Kier molecular flexibility index (Phi) is 4.39. The molecular formula is C18H23N3O3S. The maximum Gasteiger partial charge on any atom is 0.243 e. The van der Waals surface area contributed by atoms with Crippen molar-refractivity contribution in [3.63, 3.8) is 0 Å². The summed E-state index contributed by atoms with van der Waals surface area (Å²) in [6.45, 7) is 4.61. The molecule has 0 saturated heterocycles. The van der Waals surface area contributed by atoms with Gasteiger partial charge < -0.3 is 9.30 Å². The third-order valence-electron chi connectivity index (χ3n) is 4.90. The van der Waals surface area contributed by atoms with E-state index in [1.165, 1.54) is 12.8 Å². The summed E-state index contributed by atoms with van der Waals surface area (Å²) >= 11 is 0. The third kappa shape index (κ3) is 3.49. The largest absolute Gasteiger partial charge is 0.375 e. The van der Waals surface area contributed by atoms with Crippen LogP contribution >= 0.6 is 0 Å². The first-order chi connectivity index (χ1) is 12.0. The van der Waals surface area contributed by atoms with Crippen LogP contribution in [0.4, 0.5) is 0 Å². The number of aryl methyl sites for hydroxylation is 1. The average molecular weight is 361 g/mol. The van der Waals surface area contributed by atoms with Gasteiger partial charge in [-0.1, -0.05) is 17.7 Å². The molecule has 2 aromatic rings. The molecule has 134 valence electrons. The van der Waals surface area contributed by atoms with Gasteiger partial charge in [-0.3, -0.25) is 0 Å². The molecule has 0 radical (unpaired) electrons. The summed E-state index contributed by atoms with van der Waals surface area (Å²) in [5.74, 6) is 0.705. The smallest absolute Gasteiger partial charge is 0.243 e. The maximum absolute atomic E-state index is 12.9. The SMILES string of the molecule is Cc1ccc(S(=O)(=O)N2CCn3cnc(COCC4CC4)c3C2)cc1. The monoisotopic (exact) mass is 361 g/mol. The van der Waals surface area contributed by atoms with Crippen molar-refractivity contribution < 1.29 is 13.2 Å². The first kappa shape index (κ1) is 16.8. The van der Waals surface area contributed by atoms with Crippen molar-refractivity contribution in [2.75, 3.05) is 13.2 Å². The maximum atomic E-state index is 12.9. The van der Waals surface area contributed by atoms with Crippen LogP contribution in [0.2, 0.25) is 0 Å². The Hall–Kier alpha value is -1.70. The van der Waals surface area contributed by atoms with Gasteiger partial charge in [-0.05, 0) is 37.8 Å². The van der Waals surface area contributed by atoms with E-state index in [0.29, 0.717) is 37.1 Å². The molecule has 1 aromatic heterocycles. The van der Waals surface area contributed by atoms with Gasteiger partial charge in [0.15, 0.2) is 0 Å². The van der Waals surface area contributed by atoms with Crippen molar-refractivity contribution in [3.8, 4) is 0 Å². The molecule has 0 amide bonds. The van der Waals surface area contributed by atoms with Gasteiger partial charge in [0.25, 0.3) is 0 Å². The summed E-state index contributed by atoms with van der Waals surface area (Å²) in [4.78, 5) is 4.78. The van der Waals surface area contributed by atoms with Gasteiger partial charge in [0.05, 0.1) is 35.8 Å². The van der Waals surface area contributed by atoms with Crippen LogP contribution < -0.4 is 0 Å². The van der Waals surface area contributed by atoms with Crippen LogP contribution in [-0.2, 0) is 34.5 Å². The van der Waals surface area contributed by atoms with E-state index in [-0.39, 0.29) is 0 Å². The number of ether oxygens (including phenoxy) is 1. The highest BCUT2D eigenvalue weighted by molar-refractivity contribution is 7.89. The quantitative estimate of drug-likeness (QED) is 0.792. The van der Waals surface area contributed by atoms with Crippen molar-refractivity contribution in [1.82, 2.24) is 13.9 Å². The average Bonchev–Trinajstić information content (AvgIpc) is 3.34. The van der Waals surface area contributed by atoms with Crippen molar-refractivity contribution in [2.45, 2.75) is 44.4 Å². The van der Waals surface area contributed by atoms with E-state index in [1.807, 2.05) is 23.6 Å². The highest BCUT2D eigenvalue weighted by Crippen LogP contribution is 2.29. The van der Waals surface area contributed by atoms with Crippen LogP contribution in [0.5, 0.6) is 0 Å². The fourth-order valence-corrected chi connectivity index (χ4v) is 4.47. The van der Waals surface area contributed by atoms with Crippen molar-refractivity contribution in [3.05, 3.63) is 47.5 Å². The number of nitrogens with zero attached hydrogens (tertiary/aromatic N) is 3. The van der Waals surface area contributed by atoms with E-state index in [2.05, 4.69) is 4.98 Å². The van der Waals surface area contributed by atoms with Crippen molar-refractivity contribution >= 4 is 10.0 Å². The molecular weight excluding hydrogens is 338 g/mol. The summed E-state index contributed by atoms with van der Waals surface area (Å²) in [5, 5.41) is 0. The number of benzene rings is 1.